The van der Waals surface area contributed by atoms with E-state index in [4.69, 9.17) is 10.5 Å². The summed E-state index contributed by atoms with van der Waals surface area (Å²) < 4.78 is 5.21. The molecule has 2 bridgehead atoms. The molecule has 5 atom stereocenters. The van der Waals surface area contributed by atoms with Gasteiger partial charge in [0.05, 0.1) is 12.6 Å². The molecule has 29 heavy (non-hydrogen) atoms. The molecule has 1 saturated heterocycles. The maximum atomic E-state index is 13.1. The van der Waals surface area contributed by atoms with Crippen LogP contribution in [0.1, 0.15) is 45.1 Å². The second-order valence-electron chi connectivity index (χ2n) is 8.04. The Morgan fingerprint density at radius 1 is 1.24 bits per heavy atom. The number of amides is 2. The van der Waals surface area contributed by atoms with Crippen LogP contribution in [-0.2, 0) is 25.5 Å². The minimum atomic E-state index is -0.610. The van der Waals surface area contributed by atoms with Gasteiger partial charge in [-0.3, -0.25) is 19.7 Å². The predicted octanol–water partition coefficient (Wildman–Crippen LogP) is 1.39. The van der Waals surface area contributed by atoms with Crippen LogP contribution in [0.2, 0.25) is 0 Å². The van der Waals surface area contributed by atoms with Crippen LogP contribution < -0.4 is 11.1 Å². The second-order valence-corrected chi connectivity index (χ2v) is 8.04. The molecule has 0 spiro atoms. The van der Waals surface area contributed by atoms with E-state index in [0.29, 0.717) is 12.8 Å². The summed E-state index contributed by atoms with van der Waals surface area (Å²) in [5.41, 5.74) is 6.71. The summed E-state index contributed by atoms with van der Waals surface area (Å²) in [6, 6.07) is 8.22. The summed E-state index contributed by atoms with van der Waals surface area (Å²) >= 11 is 0. The van der Waals surface area contributed by atoms with E-state index >= 15 is 0 Å². The van der Waals surface area contributed by atoms with Crippen molar-refractivity contribution >= 4 is 17.8 Å². The summed E-state index contributed by atoms with van der Waals surface area (Å²) in [7, 11) is 0. The molecule has 3 rings (SSSR count). The molecule has 4 unspecified atom stereocenters. The fraction of sp³-hybridized carbons (Fsp3) is 0.591. The van der Waals surface area contributed by atoms with Crippen LogP contribution in [0, 0.1) is 5.92 Å². The number of hydrogen-bond acceptors (Lipinski definition) is 5. The number of nitrogens with one attached hydrogen (secondary N) is 1. The quantitative estimate of drug-likeness (QED) is 0.609. The molecule has 2 fully saturated rings. The highest BCUT2D eigenvalue weighted by molar-refractivity contribution is 5.90. The zero-order chi connectivity index (χ0) is 21.0. The highest BCUT2D eigenvalue weighted by Gasteiger charge is 2.51. The van der Waals surface area contributed by atoms with Gasteiger partial charge in [0.25, 0.3) is 0 Å². The van der Waals surface area contributed by atoms with E-state index in [0.717, 1.165) is 24.8 Å². The molecule has 0 radical (unpaired) electrons. The number of primary amides is 1. The van der Waals surface area contributed by atoms with Gasteiger partial charge in [-0.2, -0.15) is 0 Å². The van der Waals surface area contributed by atoms with Crippen LogP contribution in [0.25, 0.3) is 0 Å². The highest BCUT2D eigenvalue weighted by atomic mass is 16.5. The Morgan fingerprint density at radius 3 is 2.62 bits per heavy atom. The van der Waals surface area contributed by atoms with Gasteiger partial charge < -0.3 is 15.4 Å². The Balaban J connectivity index is 1.66. The van der Waals surface area contributed by atoms with Crippen molar-refractivity contribution in [3.05, 3.63) is 35.9 Å². The van der Waals surface area contributed by atoms with Crippen LogP contribution in [0.5, 0.6) is 0 Å². The number of piperidine rings is 1. The Morgan fingerprint density at radius 2 is 1.97 bits per heavy atom. The molecule has 2 aliphatic rings. The van der Waals surface area contributed by atoms with Crippen molar-refractivity contribution in [2.75, 3.05) is 6.61 Å². The minimum absolute atomic E-state index is 0.0691. The molecule has 1 aliphatic heterocycles. The zero-order valence-corrected chi connectivity index (χ0v) is 17.2. The van der Waals surface area contributed by atoms with E-state index in [1.54, 1.807) is 18.7 Å². The standard InChI is InChI=1S/C22H31N3O4/c1-3-29-22(28)18(12-9-15-7-5-4-6-8-15)24-14(2)21(27)25-17-11-10-16(13-17)19(25)20(23)26/h4-8,14,16-19,24H,3,9-13H2,1-2H3,(H2,23,26)/t14?,16?,17?,18-,19?/m0/s1. The molecule has 1 aromatic carbocycles. The molecule has 1 aliphatic carbocycles. The second kappa shape index (κ2) is 9.39. The van der Waals surface area contributed by atoms with Crippen LogP contribution in [0.4, 0.5) is 0 Å². The zero-order valence-electron chi connectivity index (χ0n) is 17.2. The molecule has 1 aromatic rings. The lowest BCUT2D eigenvalue weighted by atomic mass is 9.97. The van der Waals surface area contributed by atoms with Gasteiger partial charge >= 0.3 is 5.97 Å². The molecule has 7 nitrogen and oxygen atoms in total. The maximum Gasteiger partial charge on any atom is 0.323 e. The van der Waals surface area contributed by atoms with E-state index in [1.807, 2.05) is 30.3 Å². The van der Waals surface area contributed by atoms with Crippen molar-refractivity contribution < 1.29 is 19.1 Å². The summed E-state index contributed by atoms with van der Waals surface area (Å²) in [4.78, 5) is 39.2. The first-order valence-corrected chi connectivity index (χ1v) is 10.5. The molecule has 2 amide bonds. The number of fused-ring (bicyclic) bond motifs is 2. The predicted molar refractivity (Wildman–Crippen MR) is 109 cm³/mol. The van der Waals surface area contributed by atoms with Crippen LogP contribution >= 0.6 is 0 Å². The van der Waals surface area contributed by atoms with Crippen LogP contribution in [0.15, 0.2) is 30.3 Å². The monoisotopic (exact) mass is 401 g/mol. The molecule has 3 N–H and O–H groups in total. The van der Waals surface area contributed by atoms with Gasteiger partial charge in [-0.1, -0.05) is 30.3 Å². The van der Waals surface area contributed by atoms with E-state index < -0.39 is 24.0 Å². The van der Waals surface area contributed by atoms with Crippen molar-refractivity contribution in [1.29, 1.82) is 0 Å². The molecule has 1 saturated carbocycles. The number of likely N-dealkylation sites (tertiary alicyclic amines) is 1. The Kier molecular flexibility index (Phi) is 6.90. The molecular weight excluding hydrogens is 370 g/mol. The van der Waals surface area contributed by atoms with Gasteiger partial charge in [-0.05, 0) is 57.4 Å². The highest BCUT2D eigenvalue weighted by Crippen LogP contribution is 2.42. The van der Waals surface area contributed by atoms with E-state index in [-0.39, 0.29) is 30.4 Å². The number of esters is 1. The number of rotatable bonds is 9. The van der Waals surface area contributed by atoms with E-state index in [2.05, 4.69) is 5.32 Å². The summed E-state index contributed by atoms with van der Waals surface area (Å²) in [5, 5.41) is 3.15. The number of hydrogen-bond donors (Lipinski definition) is 2. The Hall–Kier alpha value is -2.41. The van der Waals surface area contributed by atoms with Gasteiger partial charge in [-0.25, -0.2) is 0 Å². The molecule has 158 valence electrons. The summed E-state index contributed by atoms with van der Waals surface area (Å²) in [5.74, 6) is -0.816. The SMILES string of the molecule is CCOC(=O)[C@H](CCc1ccccc1)NC(C)C(=O)N1C2CCC(C2)C1C(N)=O. The lowest BCUT2D eigenvalue weighted by molar-refractivity contribution is -0.147. The number of nitrogens with two attached hydrogens (primary N) is 1. The van der Waals surface area contributed by atoms with E-state index in [1.165, 1.54) is 0 Å². The number of nitrogens with zero attached hydrogens (tertiary/aromatic N) is 1. The van der Waals surface area contributed by atoms with Gasteiger partial charge in [-0.15, -0.1) is 0 Å². The van der Waals surface area contributed by atoms with Crippen molar-refractivity contribution in [2.45, 2.75) is 70.1 Å². The average Bonchev–Trinajstić information content (AvgIpc) is 3.32. The number of benzene rings is 1. The third kappa shape index (κ3) is 4.78. The molecule has 7 heteroatoms. The molecule has 1 heterocycles. The van der Waals surface area contributed by atoms with E-state index in [9.17, 15) is 14.4 Å². The van der Waals surface area contributed by atoms with Crippen molar-refractivity contribution in [1.82, 2.24) is 10.2 Å². The lowest BCUT2D eigenvalue weighted by Crippen LogP contribution is -2.58. The first-order chi connectivity index (χ1) is 13.9. The number of ether oxygens (including phenoxy) is 1. The van der Waals surface area contributed by atoms with Gasteiger partial charge in [0.2, 0.25) is 11.8 Å². The fourth-order valence-corrected chi connectivity index (χ4v) is 4.74. The van der Waals surface area contributed by atoms with Crippen molar-refractivity contribution in [2.24, 2.45) is 11.7 Å². The third-order valence-electron chi connectivity index (χ3n) is 6.09. The van der Waals surface area contributed by atoms with Crippen molar-refractivity contribution in [3.63, 3.8) is 0 Å². The fourth-order valence-electron chi connectivity index (χ4n) is 4.74. The first-order valence-electron chi connectivity index (χ1n) is 10.5. The first kappa shape index (κ1) is 21.3. The minimum Gasteiger partial charge on any atom is -0.465 e. The Labute approximate surface area is 172 Å². The Bertz CT molecular complexity index is 739. The van der Waals surface area contributed by atoms with Gasteiger partial charge in [0.15, 0.2) is 0 Å². The number of carbonyl (C=O) groups excluding carboxylic acids is 3. The number of aryl methyl sites for hydroxylation is 1. The molecule has 0 aromatic heterocycles. The van der Waals surface area contributed by atoms with Crippen LogP contribution in [-0.4, -0.2) is 53.5 Å². The average molecular weight is 402 g/mol. The third-order valence-corrected chi connectivity index (χ3v) is 6.09. The van der Waals surface area contributed by atoms with Gasteiger partial charge in [0, 0.05) is 6.04 Å². The van der Waals surface area contributed by atoms with Crippen molar-refractivity contribution in [3.8, 4) is 0 Å². The number of carbonyl (C=O) groups is 3. The molecular formula is C22H31N3O4. The maximum absolute atomic E-state index is 13.1. The van der Waals surface area contributed by atoms with Crippen LogP contribution in [0.3, 0.4) is 0 Å². The van der Waals surface area contributed by atoms with Gasteiger partial charge in [0.1, 0.15) is 12.1 Å². The smallest absolute Gasteiger partial charge is 0.323 e. The normalized spacial score (nSPS) is 24.9. The summed E-state index contributed by atoms with van der Waals surface area (Å²) in [6.07, 6.45) is 3.89. The largest absolute Gasteiger partial charge is 0.465 e. The topological polar surface area (TPSA) is 102 Å². The lowest BCUT2D eigenvalue weighted by Gasteiger charge is -2.36. The summed E-state index contributed by atoms with van der Waals surface area (Å²) in [6.45, 7) is 3.78.